The van der Waals surface area contributed by atoms with Crippen molar-refractivity contribution in [3.63, 3.8) is 0 Å². The molecule has 1 rings (SSSR count). The molecule has 1 saturated heterocycles. The van der Waals surface area contributed by atoms with Gasteiger partial charge in [-0.2, -0.15) is 0 Å². The molecule has 0 aromatic heterocycles. The van der Waals surface area contributed by atoms with Crippen LogP contribution in [0.2, 0.25) is 0 Å². The van der Waals surface area contributed by atoms with Crippen molar-refractivity contribution >= 4 is 11.9 Å². The summed E-state index contributed by atoms with van der Waals surface area (Å²) < 4.78 is 5.06. The van der Waals surface area contributed by atoms with E-state index in [0.29, 0.717) is 6.54 Å². The van der Waals surface area contributed by atoms with E-state index in [1.54, 1.807) is 0 Å². The monoisotopic (exact) mass is 200 g/mol. The minimum Gasteiger partial charge on any atom is -0.379 e. The minimum absolute atomic E-state index is 0.113. The Labute approximate surface area is 83.4 Å². The second kappa shape index (κ2) is 4.41. The number of nitrogens with one attached hydrogen (secondary N) is 1. The van der Waals surface area contributed by atoms with Crippen molar-refractivity contribution in [2.75, 3.05) is 13.7 Å². The van der Waals surface area contributed by atoms with E-state index in [1.807, 2.05) is 13.8 Å². The molecule has 0 bridgehead atoms. The zero-order valence-corrected chi connectivity index (χ0v) is 8.74. The van der Waals surface area contributed by atoms with Crippen molar-refractivity contribution < 1.29 is 14.3 Å². The second-order valence-electron chi connectivity index (χ2n) is 3.61. The number of amides is 3. The smallest absolute Gasteiger partial charge is 0.324 e. The van der Waals surface area contributed by atoms with Crippen LogP contribution in [0.25, 0.3) is 0 Å². The molecule has 0 aromatic rings. The number of nitrogens with zero attached hydrogens (tertiary/aromatic N) is 1. The molecule has 0 aliphatic carbocycles. The van der Waals surface area contributed by atoms with Crippen LogP contribution >= 0.6 is 0 Å². The van der Waals surface area contributed by atoms with Crippen molar-refractivity contribution in [2.45, 2.75) is 32.4 Å². The Balaban J connectivity index is 2.76. The Kier molecular flexibility index (Phi) is 3.46. The lowest BCUT2D eigenvalue weighted by atomic mass is 10.2. The van der Waals surface area contributed by atoms with Crippen LogP contribution in [0.3, 0.4) is 0 Å². The molecule has 80 valence electrons. The van der Waals surface area contributed by atoms with E-state index in [1.165, 1.54) is 12.0 Å². The van der Waals surface area contributed by atoms with Crippen LogP contribution in [0, 0.1) is 0 Å². The molecule has 0 saturated carbocycles. The minimum atomic E-state index is -0.329. The van der Waals surface area contributed by atoms with Gasteiger partial charge in [0.15, 0.2) is 0 Å². The standard InChI is InChI=1S/C9H16N2O3/c1-6(2)11-8(12)4-7(14-3)5-10-9(11)13/h6-7H,4-5H2,1-3H3,(H,10,13). The van der Waals surface area contributed by atoms with Crippen molar-refractivity contribution in [1.29, 1.82) is 0 Å². The van der Waals surface area contributed by atoms with Crippen molar-refractivity contribution in [3.8, 4) is 0 Å². The summed E-state index contributed by atoms with van der Waals surface area (Å²) in [6.45, 7) is 4.01. The molecule has 1 atom stereocenters. The Bertz CT molecular complexity index is 240. The number of rotatable bonds is 2. The second-order valence-corrected chi connectivity index (χ2v) is 3.61. The fourth-order valence-corrected chi connectivity index (χ4v) is 1.45. The normalized spacial score (nSPS) is 23.7. The van der Waals surface area contributed by atoms with Gasteiger partial charge >= 0.3 is 6.03 Å². The summed E-state index contributed by atoms with van der Waals surface area (Å²) in [6, 6.07) is -0.442. The molecule has 3 amide bonds. The predicted molar refractivity (Wildman–Crippen MR) is 50.8 cm³/mol. The maximum absolute atomic E-state index is 11.6. The first kappa shape index (κ1) is 11.0. The fourth-order valence-electron chi connectivity index (χ4n) is 1.45. The predicted octanol–water partition coefficient (Wildman–Crippen LogP) is 0.352. The largest absolute Gasteiger partial charge is 0.379 e. The number of ether oxygens (including phenoxy) is 1. The lowest BCUT2D eigenvalue weighted by molar-refractivity contribution is -0.131. The molecule has 5 heteroatoms. The molecule has 5 nitrogen and oxygen atoms in total. The van der Waals surface area contributed by atoms with Crippen LogP contribution in [0.5, 0.6) is 0 Å². The first-order chi connectivity index (χ1) is 6.56. The number of imide groups is 1. The van der Waals surface area contributed by atoms with Gasteiger partial charge in [0.2, 0.25) is 5.91 Å². The average molecular weight is 200 g/mol. The van der Waals surface area contributed by atoms with Crippen LogP contribution < -0.4 is 5.32 Å². The van der Waals surface area contributed by atoms with Crippen molar-refractivity contribution in [3.05, 3.63) is 0 Å². The Morgan fingerprint density at radius 2 is 2.14 bits per heavy atom. The molecule has 14 heavy (non-hydrogen) atoms. The lowest BCUT2D eigenvalue weighted by Crippen LogP contribution is -2.45. The van der Waals surface area contributed by atoms with Crippen LogP contribution in [0.15, 0.2) is 0 Å². The molecule has 0 aromatic carbocycles. The Hall–Kier alpha value is -1.10. The molecular formula is C9H16N2O3. The molecule has 1 N–H and O–H groups in total. The van der Waals surface area contributed by atoms with E-state index in [0.717, 1.165) is 0 Å². The third-order valence-corrected chi connectivity index (χ3v) is 2.22. The van der Waals surface area contributed by atoms with Gasteiger partial charge in [-0.25, -0.2) is 4.79 Å². The van der Waals surface area contributed by atoms with Crippen LogP contribution in [0.4, 0.5) is 4.79 Å². The van der Waals surface area contributed by atoms with Gasteiger partial charge in [-0.1, -0.05) is 0 Å². The highest BCUT2D eigenvalue weighted by Crippen LogP contribution is 2.09. The number of hydrogen-bond donors (Lipinski definition) is 1. The molecular weight excluding hydrogens is 184 g/mol. The maximum Gasteiger partial charge on any atom is 0.324 e. The SMILES string of the molecule is COC1CNC(=O)N(C(C)C)C(=O)C1. The summed E-state index contributed by atoms with van der Waals surface area (Å²) >= 11 is 0. The zero-order chi connectivity index (χ0) is 10.7. The van der Waals surface area contributed by atoms with Gasteiger partial charge in [-0.05, 0) is 13.8 Å². The average Bonchev–Trinajstić information content (AvgIpc) is 2.24. The third kappa shape index (κ3) is 2.23. The summed E-state index contributed by atoms with van der Waals surface area (Å²) in [6.07, 6.45) is 0.0446. The van der Waals surface area contributed by atoms with Gasteiger partial charge in [0.1, 0.15) is 0 Å². The van der Waals surface area contributed by atoms with Gasteiger partial charge < -0.3 is 10.1 Å². The molecule has 1 unspecified atom stereocenters. The topological polar surface area (TPSA) is 58.6 Å². The summed E-state index contributed by atoms with van der Waals surface area (Å²) in [5, 5.41) is 2.65. The first-order valence-electron chi connectivity index (χ1n) is 4.69. The maximum atomic E-state index is 11.6. The summed E-state index contributed by atoms with van der Waals surface area (Å²) in [5.74, 6) is -0.179. The molecule has 1 aliphatic rings. The quantitative estimate of drug-likeness (QED) is 0.699. The highest BCUT2D eigenvalue weighted by Gasteiger charge is 2.30. The van der Waals surface area contributed by atoms with Gasteiger partial charge in [-0.3, -0.25) is 9.69 Å². The first-order valence-corrected chi connectivity index (χ1v) is 4.69. The number of hydrogen-bond acceptors (Lipinski definition) is 3. The summed E-state index contributed by atoms with van der Waals surface area (Å²) in [7, 11) is 1.54. The Morgan fingerprint density at radius 3 is 2.64 bits per heavy atom. The summed E-state index contributed by atoms with van der Waals surface area (Å²) in [5.41, 5.74) is 0. The van der Waals surface area contributed by atoms with E-state index in [2.05, 4.69) is 5.32 Å². The third-order valence-electron chi connectivity index (χ3n) is 2.22. The number of carbonyl (C=O) groups is 2. The van der Waals surface area contributed by atoms with Crippen LogP contribution in [0.1, 0.15) is 20.3 Å². The van der Waals surface area contributed by atoms with Gasteiger partial charge in [0, 0.05) is 19.7 Å². The lowest BCUT2D eigenvalue weighted by Gasteiger charge is -2.22. The van der Waals surface area contributed by atoms with Crippen molar-refractivity contribution in [1.82, 2.24) is 10.2 Å². The Morgan fingerprint density at radius 1 is 1.50 bits per heavy atom. The highest BCUT2D eigenvalue weighted by molar-refractivity contribution is 5.95. The van der Waals surface area contributed by atoms with Crippen LogP contribution in [-0.2, 0) is 9.53 Å². The van der Waals surface area contributed by atoms with Gasteiger partial charge in [0.05, 0.1) is 12.5 Å². The van der Waals surface area contributed by atoms with E-state index in [4.69, 9.17) is 4.74 Å². The van der Waals surface area contributed by atoms with Crippen LogP contribution in [-0.4, -0.2) is 42.6 Å². The van der Waals surface area contributed by atoms with Gasteiger partial charge in [0.25, 0.3) is 0 Å². The van der Waals surface area contributed by atoms with E-state index in [-0.39, 0.29) is 30.5 Å². The molecule has 0 radical (unpaired) electrons. The molecule has 0 spiro atoms. The van der Waals surface area contributed by atoms with E-state index < -0.39 is 0 Å². The molecule has 1 heterocycles. The number of carbonyl (C=O) groups excluding carboxylic acids is 2. The fraction of sp³-hybridized carbons (Fsp3) is 0.778. The number of urea groups is 1. The number of methoxy groups -OCH3 is 1. The van der Waals surface area contributed by atoms with E-state index >= 15 is 0 Å². The molecule has 1 fully saturated rings. The summed E-state index contributed by atoms with van der Waals surface area (Å²) in [4.78, 5) is 24.3. The van der Waals surface area contributed by atoms with E-state index in [9.17, 15) is 9.59 Å². The van der Waals surface area contributed by atoms with Crippen molar-refractivity contribution in [2.24, 2.45) is 0 Å². The molecule has 1 aliphatic heterocycles. The van der Waals surface area contributed by atoms with Gasteiger partial charge in [-0.15, -0.1) is 0 Å². The highest BCUT2D eigenvalue weighted by atomic mass is 16.5. The zero-order valence-electron chi connectivity index (χ0n) is 8.74.